The number of hydrogen-bond acceptors (Lipinski definition) is 4. The fraction of sp³-hybridized carbons (Fsp3) is 0.214. The zero-order chi connectivity index (χ0) is 14.0. The third-order valence-electron chi connectivity index (χ3n) is 2.92. The summed E-state index contributed by atoms with van der Waals surface area (Å²) in [4.78, 5) is 35.9. The SMILES string of the molecule is CCN1C(=O)C(=O)c2cc(/C=C/C(=O)OC)ccc21. The molecule has 0 aromatic heterocycles. The van der Waals surface area contributed by atoms with Crippen molar-refractivity contribution in [2.24, 2.45) is 0 Å². The molecule has 0 radical (unpaired) electrons. The van der Waals surface area contributed by atoms with Gasteiger partial charge < -0.3 is 9.64 Å². The fourth-order valence-electron chi connectivity index (χ4n) is 1.97. The van der Waals surface area contributed by atoms with E-state index in [0.717, 1.165) is 0 Å². The zero-order valence-corrected chi connectivity index (χ0v) is 10.7. The first-order chi connectivity index (χ1) is 9.08. The van der Waals surface area contributed by atoms with Crippen LogP contribution in [0, 0.1) is 0 Å². The summed E-state index contributed by atoms with van der Waals surface area (Å²) in [6.45, 7) is 2.26. The summed E-state index contributed by atoms with van der Waals surface area (Å²) in [5.74, 6) is -1.49. The van der Waals surface area contributed by atoms with Crippen molar-refractivity contribution in [1.82, 2.24) is 0 Å². The lowest BCUT2D eigenvalue weighted by Crippen LogP contribution is -2.29. The first kappa shape index (κ1) is 13.0. The molecule has 19 heavy (non-hydrogen) atoms. The highest BCUT2D eigenvalue weighted by Gasteiger charge is 2.34. The number of amides is 1. The summed E-state index contributed by atoms with van der Waals surface area (Å²) in [5, 5.41) is 0. The van der Waals surface area contributed by atoms with Gasteiger partial charge in [-0.3, -0.25) is 9.59 Å². The Labute approximate surface area is 110 Å². The summed E-state index contributed by atoms with van der Waals surface area (Å²) >= 11 is 0. The van der Waals surface area contributed by atoms with E-state index in [1.54, 1.807) is 24.3 Å². The van der Waals surface area contributed by atoms with Crippen molar-refractivity contribution in [2.75, 3.05) is 18.6 Å². The number of Topliss-reactive ketones (excluding diaryl/α,β-unsaturated/α-hetero) is 1. The van der Waals surface area contributed by atoms with Gasteiger partial charge in [0.1, 0.15) is 0 Å². The molecule has 0 spiro atoms. The lowest BCUT2D eigenvalue weighted by Gasteiger charge is -2.12. The molecule has 0 unspecified atom stereocenters. The molecule has 1 aliphatic rings. The molecular formula is C14H13NO4. The maximum Gasteiger partial charge on any atom is 0.330 e. The smallest absolute Gasteiger partial charge is 0.330 e. The summed E-state index contributed by atoms with van der Waals surface area (Å²) in [7, 11) is 1.29. The molecule has 0 fully saturated rings. The van der Waals surface area contributed by atoms with Crippen molar-refractivity contribution < 1.29 is 19.1 Å². The molecule has 0 bridgehead atoms. The predicted molar refractivity (Wildman–Crippen MR) is 69.8 cm³/mol. The summed E-state index contributed by atoms with van der Waals surface area (Å²) in [5.41, 5.74) is 1.66. The van der Waals surface area contributed by atoms with Gasteiger partial charge in [-0.05, 0) is 30.7 Å². The Morgan fingerprint density at radius 1 is 1.37 bits per heavy atom. The molecule has 5 nitrogen and oxygen atoms in total. The first-order valence-corrected chi connectivity index (χ1v) is 5.84. The van der Waals surface area contributed by atoms with Crippen LogP contribution in [0.15, 0.2) is 24.3 Å². The minimum Gasteiger partial charge on any atom is -0.466 e. The highest BCUT2D eigenvalue weighted by Crippen LogP contribution is 2.29. The number of carbonyl (C=O) groups is 3. The number of benzene rings is 1. The average Bonchev–Trinajstić information content (AvgIpc) is 2.68. The van der Waals surface area contributed by atoms with E-state index in [4.69, 9.17) is 0 Å². The number of ketones is 1. The van der Waals surface area contributed by atoms with Gasteiger partial charge in [0.25, 0.3) is 11.7 Å². The molecule has 2 rings (SSSR count). The van der Waals surface area contributed by atoms with Crippen LogP contribution in [0.3, 0.4) is 0 Å². The maximum atomic E-state index is 11.8. The van der Waals surface area contributed by atoms with Crippen LogP contribution >= 0.6 is 0 Å². The van der Waals surface area contributed by atoms with Crippen LogP contribution in [0.25, 0.3) is 6.08 Å². The van der Waals surface area contributed by atoms with Crippen LogP contribution in [-0.2, 0) is 14.3 Å². The highest BCUT2D eigenvalue weighted by atomic mass is 16.5. The van der Waals surface area contributed by atoms with Crippen molar-refractivity contribution in [3.05, 3.63) is 35.4 Å². The molecule has 0 N–H and O–H groups in total. The third-order valence-corrected chi connectivity index (χ3v) is 2.92. The molecule has 1 heterocycles. The van der Waals surface area contributed by atoms with Gasteiger partial charge in [-0.1, -0.05) is 6.07 Å². The lowest BCUT2D eigenvalue weighted by atomic mass is 10.1. The number of rotatable bonds is 3. The van der Waals surface area contributed by atoms with Crippen LogP contribution in [-0.4, -0.2) is 31.3 Å². The molecule has 1 aromatic rings. The maximum absolute atomic E-state index is 11.8. The second-order valence-corrected chi connectivity index (χ2v) is 4.01. The third kappa shape index (κ3) is 2.27. The number of ether oxygens (including phenoxy) is 1. The second-order valence-electron chi connectivity index (χ2n) is 4.01. The van der Waals surface area contributed by atoms with Crippen LogP contribution in [0.2, 0.25) is 0 Å². The van der Waals surface area contributed by atoms with Gasteiger partial charge in [-0.2, -0.15) is 0 Å². The zero-order valence-electron chi connectivity index (χ0n) is 10.7. The molecule has 98 valence electrons. The fourth-order valence-corrected chi connectivity index (χ4v) is 1.97. The predicted octanol–water partition coefficient (Wildman–Crippen LogP) is 1.42. The van der Waals surface area contributed by atoms with Crippen molar-refractivity contribution in [3.8, 4) is 0 Å². The molecule has 1 aliphatic heterocycles. The van der Waals surface area contributed by atoms with Crippen molar-refractivity contribution in [2.45, 2.75) is 6.92 Å². The van der Waals surface area contributed by atoms with Gasteiger partial charge in [0.05, 0.1) is 18.4 Å². The molecule has 0 aliphatic carbocycles. The quantitative estimate of drug-likeness (QED) is 0.468. The Hall–Kier alpha value is -2.43. The Kier molecular flexibility index (Phi) is 3.46. The molecule has 1 amide bonds. The Morgan fingerprint density at radius 2 is 2.11 bits per heavy atom. The number of methoxy groups -OCH3 is 1. The monoisotopic (exact) mass is 259 g/mol. The van der Waals surface area contributed by atoms with Gasteiger partial charge in [0, 0.05) is 12.6 Å². The largest absolute Gasteiger partial charge is 0.466 e. The Morgan fingerprint density at radius 3 is 2.74 bits per heavy atom. The molecule has 0 saturated heterocycles. The lowest BCUT2D eigenvalue weighted by molar-refractivity contribution is -0.134. The standard InChI is InChI=1S/C14H13NO4/c1-3-15-11-6-4-9(5-7-12(16)19-2)8-10(11)13(17)14(15)18/h4-8H,3H2,1-2H3/b7-5+. The van der Waals surface area contributed by atoms with Crippen molar-refractivity contribution in [3.63, 3.8) is 0 Å². The number of fused-ring (bicyclic) bond motifs is 1. The van der Waals surface area contributed by atoms with Gasteiger partial charge in [0.15, 0.2) is 0 Å². The van der Waals surface area contributed by atoms with Gasteiger partial charge in [0.2, 0.25) is 0 Å². The van der Waals surface area contributed by atoms with E-state index in [9.17, 15) is 14.4 Å². The van der Waals surface area contributed by atoms with Crippen molar-refractivity contribution >= 4 is 29.4 Å². The van der Waals surface area contributed by atoms with E-state index < -0.39 is 17.7 Å². The van der Waals surface area contributed by atoms with Gasteiger partial charge in [-0.25, -0.2) is 4.79 Å². The van der Waals surface area contributed by atoms with Crippen LogP contribution in [0.5, 0.6) is 0 Å². The van der Waals surface area contributed by atoms with Gasteiger partial charge in [-0.15, -0.1) is 0 Å². The minimum absolute atomic E-state index is 0.374. The van der Waals surface area contributed by atoms with Crippen LogP contribution in [0.4, 0.5) is 5.69 Å². The average molecular weight is 259 g/mol. The molecular weight excluding hydrogens is 246 g/mol. The van der Waals surface area contributed by atoms with E-state index >= 15 is 0 Å². The molecule has 0 saturated carbocycles. The normalized spacial score (nSPS) is 14.1. The summed E-state index contributed by atoms with van der Waals surface area (Å²) in [6, 6.07) is 5.05. The molecule has 5 heteroatoms. The number of nitrogens with zero attached hydrogens (tertiary/aromatic N) is 1. The number of anilines is 1. The number of esters is 1. The van der Waals surface area contributed by atoms with E-state index in [1.807, 2.05) is 6.92 Å². The first-order valence-electron chi connectivity index (χ1n) is 5.84. The number of carbonyl (C=O) groups excluding carboxylic acids is 3. The van der Waals surface area contributed by atoms with E-state index in [0.29, 0.717) is 23.4 Å². The Bertz CT molecular complexity index is 589. The van der Waals surface area contributed by atoms with E-state index in [2.05, 4.69) is 4.74 Å². The van der Waals surface area contributed by atoms with E-state index in [-0.39, 0.29) is 0 Å². The van der Waals surface area contributed by atoms with Crippen LogP contribution in [0.1, 0.15) is 22.8 Å². The summed E-state index contributed by atoms with van der Waals surface area (Å²) < 4.78 is 4.48. The highest BCUT2D eigenvalue weighted by molar-refractivity contribution is 6.52. The summed E-state index contributed by atoms with van der Waals surface area (Å²) in [6.07, 6.45) is 2.80. The van der Waals surface area contributed by atoms with Crippen molar-refractivity contribution in [1.29, 1.82) is 0 Å². The minimum atomic E-state index is -0.509. The molecule has 0 atom stereocenters. The number of hydrogen-bond donors (Lipinski definition) is 0. The van der Waals surface area contributed by atoms with E-state index in [1.165, 1.54) is 18.1 Å². The van der Waals surface area contributed by atoms with Crippen LogP contribution < -0.4 is 4.90 Å². The number of likely N-dealkylation sites (N-methyl/N-ethyl adjacent to an activating group) is 1. The topological polar surface area (TPSA) is 63.7 Å². The van der Waals surface area contributed by atoms with Gasteiger partial charge >= 0.3 is 5.97 Å². The second kappa shape index (κ2) is 5.06. The molecule has 1 aromatic carbocycles. The Balaban J connectivity index is 2.36.